The topological polar surface area (TPSA) is 112 Å². The maximum atomic E-state index is 12.8. The molecule has 0 fully saturated rings. The molecule has 0 spiro atoms. The van der Waals surface area contributed by atoms with Gasteiger partial charge in [0, 0.05) is 22.8 Å². The number of rotatable bonds is 13. The molecule has 222 valence electrons. The van der Waals surface area contributed by atoms with Crippen LogP contribution in [0.5, 0.6) is 11.5 Å². The molecule has 0 aliphatic heterocycles. The molecule has 0 aromatic heterocycles. The molecule has 0 unspecified atom stereocenters. The molecular weight excluding hydrogens is 574 g/mol. The van der Waals surface area contributed by atoms with Crippen molar-refractivity contribution in [2.45, 2.75) is 27.7 Å². The van der Waals surface area contributed by atoms with Crippen molar-refractivity contribution < 1.29 is 37.4 Å². The molecule has 0 atom stereocenters. The summed E-state index contributed by atoms with van der Waals surface area (Å²) in [6.45, 7) is 8.07. The van der Waals surface area contributed by atoms with Crippen LogP contribution < -0.4 is 0 Å². The molecule has 0 saturated carbocycles. The molecule has 0 aliphatic rings. The van der Waals surface area contributed by atoms with Gasteiger partial charge in [0.05, 0.1) is 26.4 Å². The lowest BCUT2D eigenvalue weighted by Gasteiger charge is -2.15. The Hall–Kier alpha value is -3.22. The molecule has 0 heterocycles. The van der Waals surface area contributed by atoms with Crippen LogP contribution in [0.1, 0.15) is 38.8 Å². The van der Waals surface area contributed by atoms with Crippen LogP contribution in [0.4, 0.5) is 0 Å². The van der Waals surface area contributed by atoms with Crippen molar-refractivity contribution in [1.82, 2.24) is 0 Å². The third kappa shape index (κ3) is 7.22. The molecule has 0 radical (unpaired) electrons. The van der Waals surface area contributed by atoms with Gasteiger partial charge in [0.25, 0.3) is 0 Å². The summed E-state index contributed by atoms with van der Waals surface area (Å²) in [5.41, 5.74) is 2.52. The molecule has 0 aliphatic carbocycles. The second-order valence-corrected chi connectivity index (χ2v) is 13.1. The molecule has 0 saturated heterocycles. The summed E-state index contributed by atoms with van der Waals surface area (Å²) in [5.74, 6) is 2.94. The summed E-state index contributed by atoms with van der Waals surface area (Å²) >= 11 is 0. The lowest BCUT2D eigenvalue weighted by Crippen LogP contribution is -1.92. The Balaban J connectivity index is 1.78. The smallest absolute Gasteiger partial charge is 0.354 e. The number of hydrogen-bond acceptors (Lipinski definition) is 8. The van der Waals surface area contributed by atoms with E-state index in [-0.39, 0.29) is 37.9 Å². The molecule has 42 heavy (non-hydrogen) atoms. The van der Waals surface area contributed by atoms with E-state index in [1.165, 1.54) is 11.6 Å². The normalized spacial score (nSPS) is 12.8. The number of phenols is 2. The average Bonchev–Trinajstić information content (AvgIpc) is 2.96. The van der Waals surface area contributed by atoms with E-state index < -0.39 is 15.2 Å². The Bertz CT molecular complexity index is 1580. The van der Waals surface area contributed by atoms with Gasteiger partial charge < -0.3 is 28.3 Å². The Kier molecular flexibility index (Phi) is 10.4. The molecule has 4 aromatic rings. The lowest BCUT2D eigenvalue weighted by atomic mass is 9.91. The highest BCUT2D eigenvalue weighted by Crippen LogP contribution is 2.51. The van der Waals surface area contributed by atoms with Crippen molar-refractivity contribution in [3.63, 3.8) is 0 Å². The first-order chi connectivity index (χ1) is 20.2. The van der Waals surface area contributed by atoms with Gasteiger partial charge in [0.2, 0.25) is 0 Å². The van der Waals surface area contributed by atoms with Crippen molar-refractivity contribution in [1.29, 1.82) is 0 Å². The number of phenolic OH excluding ortho intramolecular Hbond substituents is 2. The first-order valence-electron chi connectivity index (χ1n) is 13.8. The van der Waals surface area contributed by atoms with E-state index >= 15 is 0 Å². The van der Waals surface area contributed by atoms with Crippen LogP contribution in [-0.2, 0) is 27.2 Å². The predicted molar refractivity (Wildman–Crippen MR) is 170 cm³/mol. The van der Waals surface area contributed by atoms with Crippen LogP contribution in [0.25, 0.3) is 44.8 Å². The van der Waals surface area contributed by atoms with Crippen molar-refractivity contribution in [2.24, 2.45) is 0 Å². The van der Waals surface area contributed by atoms with Gasteiger partial charge in [-0.05, 0) is 96.8 Å². The predicted octanol–water partition coefficient (Wildman–Crippen LogP) is 9.54. The van der Waals surface area contributed by atoms with E-state index in [0.717, 1.165) is 32.7 Å². The van der Waals surface area contributed by atoms with Crippen LogP contribution in [0.3, 0.4) is 0 Å². The van der Waals surface area contributed by atoms with Gasteiger partial charge in [-0.3, -0.25) is 9.13 Å². The zero-order valence-corrected chi connectivity index (χ0v) is 25.9. The maximum absolute atomic E-state index is 12.8. The molecule has 2 N–H and O–H groups in total. The quantitative estimate of drug-likeness (QED) is 0.144. The van der Waals surface area contributed by atoms with Crippen LogP contribution in [-0.4, -0.2) is 36.6 Å². The molecule has 0 bridgehead atoms. The number of aromatic hydroxyl groups is 2. The van der Waals surface area contributed by atoms with E-state index in [0.29, 0.717) is 11.1 Å². The van der Waals surface area contributed by atoms with Crippen LogP contribution in [0, 0.1) is 0 Å². The van der Waals surface area contributed by atoms with Gasteiger partial charge in [0.1, 0.15) is 11.5 Å². The fourth-order valence-corrected chi connectivity index (χ4v) is 7.37. The van der Waals surface area contributed by atoms with Crippen LogP contribution in [0.2, 0.25) is 0 Å². The SMILES string of the molecule is CCOP(=O)(/C=C/c1ccc2c(-c3c(O)ccc4cc(/C=C/P(=O)(OCC)OCC)ccc34)c(O)ccc2c1)OCC. The second-order valence-electron chi connectivity index (χ2n) is 9.26. The van der Waals surface area contributed by atoms with E-state index in [1.54, 1.807) is 64.1 Å². The lowest BCUT2D eigenvalue weighted by molar-refractivity contribution is 0.228. The highest BCUT2D eigenvalue weighted by molar-refractivity contribution is 7.57. The number of hydrogen-bond donors (Lipinski definition) is 2. The second kappa shape index (κ2) is 13.8. The van der Waals surface area contributed by atoms with E-state index in [1.807, 2.05) is 36.4 Å². The van der Waals surface area contributed by atoms with E-state index in [2.05, 4.69) is 0 Å². The summed E-state index contributed by atoms with van der Waals surface area (Å²) in [6, 6.07) is 17.9. The third-order valence-corrected chi connectivity index (χ3v) is 9.93. The Labute approximate surface area is 246 Å². The highest BCUT2D eigenvalue weighted by atomic mass is 31.2. The minimum Gasteiger partial charge on any atom is -0.507 e. The van der Waals surface area contributed by atoms with Gasteiger partial charge in [-0.15, -0.1) is 0 Å². The summed E-state index contributed by atoms with van der Waals surface area (Å²) in [4.78, 5) is 0. The zero-order chi connectivity index (χ0) is 30.3. The number of benzene rings is 4. The first-order valence-corrected chi connectivity index (χ1v) is 17.1. The minimum atomic E-state index is -3.36. The van der Waals surface area contributed by atoms with Crippen molar-refractivity contribution in [2.75, 3.05) is 26.4 Å². The molecule has 8 nitrogen and oxygen atoms in total. The molecule has 0 amide bonds. The van der Waals surface area contributed by atoms with Crippen LogP contribution >= 0.6 is 15.2 Å². The molecular formula is C32H36O8P2. The fraction of sp³-hybridized carbons (Fsp3) is 0.250. The Morgan fingerprint density at radius 1 is 0.571 bits per heavy atom. The summed E-state index contributed by atoms with van der Waals surface area (Å²) < 4.78 is 47.1. The molecule has 4 aromatic carbocycles. The number of fused-ring (bicyclic) bond motifs is 2. The fourth-order valence-electron chi connectivity index (χ4n) is 4.73. The third-order valence-electron chi connectivity index (χ3n) is 6.43. The first kappa shape index (κ1) is 31.7. The summed E-state index contributed by atoms with van der Waals surface area (Å²) in [7, 11) is -6.72. The van der Waals surface area contributed by atoms with Crippen molar-refractivity contribution in [3.8, 4) is 22.6 Å². The summed E-state index contributed by atoms with van der Waals surface area (Å²) in [6.07, 6.45) is 3.39. The molecule has 10 heteroatoms. The van der Waals surface area contributed by atoms with Gasteiger partial charge in [-0.25, -0.2) is 0 Å². The molecule has 4 rings (SSSR count). The maximum Gasteiger partial charge on any atom is 0.354 e. The zero-order valence-electron chi connectivity index (χ0n) is 24.1. The van der Waals surface area contributed by atoms with Gasteiger partial charge >= 0.3 is 15.2 Å². The largest absolute Gasteiger partial charge is 0.507 e. The van der Waals surface area contributed by atoms with Crippen LogP contribution in [0.15, 0.2) is 72.3 Å². The van der Waals surface area contributed by atoms with Gasteiger partial charge in [-0.1, -0.05) is 36.4 Å². The Morgan fingerprint density at radius 2 is 0.929 bits per heavy atom. The van der Waals surface area contributed by atoms with Gasteiger partial charge in [0.15, 0.2) is 0 Å². The highest BCUT2D eigenvalue weighted by Gasteiger charge is 2.21. The van der Waals surface area contributed by atoms with Crippen molar-refractivity contribution >= 4 is 48.9 Å². The average molecular weight is 611 g/mol. The van der Waals surface area contributed by atoms with E-state index in [9.17, 15) is 19.3 Å². The minimum absolute atomic E-state index is 0.0177. The van der Waals surface area contributed by atoms with Gasteiger partial charge in [-0.2, -0.15) is 0 Å². The van der Waals surface area contributed by atoms with E-state index in [4.69, 9.17) is 18.1 Å². The Morgan fingerprint density at radius 3 is 1.26 bits per heavy atom. The standard InChI is InChI=1S/C32H36O8P2/c1-5-37-41(35,38-6-2)19-17-23-9-13-27-25(21-23)11-15-29(33)31(27)32-28-14-10-24(22-26(28)12-16-30(32)34)18-20-42(36,39-7-3)40-8-4/h9-22,33-34H,5-8H2,1-4H3/b19-17+,20-18+. The van der Waals surface area contributed by atoms with Crippen molar-refractivity contribution in [3.05, 3.63) is 83.4 Å². The summed E-state index contributed by atoms with van der Waals surface area (Å²) in [5, 5.41) is 25.1. The monoisotopic (exact) mass is 610 g/mol.